The molecule has 0 bridgehead atoms. The number of unbranched alkanes of at least 4 members (excludes halogenated alkanes) is 1. The molecule has 32 heavy (non-hydrogen) atoms. The Labute approximate surface area is 186 Å². The largest absolute Gasteiger partial charge is 0.469 e. The van der Waals surface area contributed by atoms with Crippen LogP contribution in [0.4, 0.5) is 5.82 Å². The number of methoxy groups -OCH3 is 1. The standard InChI is InChI=1S/C22H30N6O4/c1-3-4-11-32-21-26-19(23)18-20(27-21)28(22(30)25-18)10-6-9-24-14-16-8-5-7-15(12-16)13-17(29)31-2/h5,7-8,12,24H,3-4,6,9-11,13-14H2,1-2H3,(H,25,30)(H2,23,26,27). The third-order valence-corrected chi connectivity index (χ3v) is 4.99. The van der Waals surface area contributed by atoms with Gasteiger partial charge in [0, 0.05) is 13.1 Å². The van der Waals surface area contributed by atoms with Crippen LogP contribution in [-0.2, 0) is 29.0 Å². The molecular formula is C22H30N6O4. The number of anilines is 1. The number of nitrogen functional groups attached to an aromatic ring is 1. The molecule has 0 atom stereocenters. The Hall–Kier alpha value is -3.40. The summed E-state index contributed by atoms with van der Waals surface area (Å²) in [5.41, 5.74) is 8.56. The number of nitrogens with two attached hydrogens (primary N) is 1. The molecule has 2 aromatic heterocycles. The number of esters is 1. The number of fused-ring (bicyclic) bond motifs is 1. The zero-order valence-corrected chi connectivity index (χ0v) is 18.5. The van der Waals surface area contributed by atoms with Crippen LogP contribution in [0, 0.1) is 0 Å². The van der Waals surface area contributed by atoms with Crippen molar-refractivity contribution in [2.75, 3.05) is 26.0 Å². The van der Waals surface area contributed by atoms with E-state index in [4.69, 9.17) is 15.2 Å². The van der Waals surface area contributed by atoms with Crippen molar-refractivity contribution in [1.82, 2.24) is 24.8 Å². The molecule has 0 unspecified atom stereocenters. The average molecular weight is 443 g/mol. The number of imidazole rings is 1. The van der Waals surface area contributed by atoms with Gasteiger partial charge in [0.2, 0.25) is 0 Å². The number of rotatable bonds is 12. The van der Waals surface area contributed by atoms with E-state index in [9.17, 15) is 9.59 Å². The maximum absolute atomic E-state index is 12.4. The van der Waals surface area contributed by atoms with Gasteiger partial charge in [-0.2, -0.15) is 9.97 Å². The number of hydrogen-bond donors (Lipinski definition) is 3. The summed E-state index contributed by atoms with van der Waals surface area (Å²) in [6.45, 7) is 4.39. The van der Waals surface area contributed by atoms with Crippen LogP contribution in [0.3, 0.4) is 0 Å². The zero-order valence-electron chi connectivity index (χ0n) is 18.5. The van der Waals surface area contributed by atoms with Gasteiger partial charge in [-0.15, -0.1) is 0 Å². The summed E-state index contributed by atoms with van der Waals surface area (Å²) in [5, 5.41) is 3.36. The van der Waals surface area contributed by atoms with Gasteiger partial charge in [-0.25, -0.2) is 4.79 Å². The lowest BCUT2D eigenvalue weighted by molar-refractivity contribution is -0.139. The monoisotopic (exact) mass is 442 g/mol. The van der Waals surface area contributed by atoms with Gasteiger partial charge >= 0.3 is 17.7 Å². The molecule has 0 fully saturated rings. The Morgan fingerprint density at radius 3 is 2.84 bits per heavy atom. The fourth-order valence-corrected chi connectivity index (χ4v) is 3.29. The zero-order chi connectivity index (χ0) is 22.9. The molecule has 10 nitrogen and oxygen atoms in total. The first-order valence-electron chi connectivity index (χ1n) is 10.8. The number of aromatic amines is 1. The van der Waals surface area contributed by atoms with Gasteiger partial charge in [0.15, 0.2) is 11.5 Å². The number of H-pyrrole nitrogens is 1. The predicted octanol–water partition coefficient (Wildman–Crippen LogP) is 1.78. The molecule has 0 saturated heterocycles. The number of aryl methyl sites for hydroxylation is 1. The molecule has 3 rings (SSSR count). The van der Waals surface area contributed by atoms with Crippen LogP contribution in [-0.4, -0.2) is 45.7 Å². The van der Waals surface area contributed by atoms with Crippen LogP contribution in [0.1, 0.15) is 37.3 Å². The van der Waals surface area contributed by atoms with Crippen LogP contribution in [0.25, 0.3) is 11.2 Å². The van der Waals surface area contributed by atoms with Gasteiger partial charge < -0.3 is 25.5 Å². The molecule has 2 heterocycles. The van der Waals surface area contributed by atoms with E-state index in [2.05, 4.69) is 27.2 Å². The topological polar surface area (TPSA) is 137 Å². The fourth-order valence-electron chi connectivity index (χ4n) is 3.29. The number of benzene rings is 1. The van der Waals surface area contributed by atoms with Crippen LogP contribution < -0.4 is 21.5 Å². The van der Waals surface area contributed by atoms with Crippen molar-refractivity contribution in [3.05, 3.63) is 45.9 Å². The second-order valence-corrected chi connectivity index (χ2v) is 7.48. The van der Waals surface area contributed by atoms with Gasteiger partial charge in [-0.3, -0.25) is 9.36 Å². The Bertz CT molecular complexity index is 1110. The molecule has 0 aliphatic rings. The molecular weight excluding hydrogens is 412 g/mol. The first-order chi connectivity index (χ1) is 15.5. The van der Waals surface area contributed by atoms with E-state index in [1.165, 1.54) is 7.11 Å². The molecule has 0 spiro atoms. The average Bonchev–Trinajstić information content (AvgIpc) is 3.10. The number of nitrogens with zero attached hydrogens (tertiary/aromatic N) is 3. The Morgan fingerprint density at radius 2 is 2.06 bits per heavy atom. The second-order valence-electron chi connectivity index (χ2n) is 7.48. The van der Waals surface area contributed by atoms with Gasteiger partial charge in [0.25, 0.3) is 0 Å². The van der Waals surface area contributed by atoms with Crippen molar-refractivity contribution in [2.24, 2.45) is 0 Å². The molecule has 1 aromatic carbocycles. The lowest BCUT2D eigenvalue weighted by Crippen LogP contribution is -2.21. The number of carbonyl (C=O) groups is 1. The quantitative estimate of drug-likeness (QED) is 0.285. The molecule has 0 amide bonds. The van der Waals surface area contributed by atoms with Crippen molar-refractivity contribution in [2.45, 2.75) is 45.7 Å². The minimum atomic E-state index is -0.276. The van der Waals surface area contributed by atoms with E-state index >= 15 is 0 Å². The third-order valence-electron chi connectivity index (χ3n) is 4.99. The summed E-state index contributed by atoms with van der Waals surface area (Å²) in [6.07, 6.45) is 2.85. The highest BCUT2D eigenvalue weighted by Gasteiger charge is 2.14. The highest BCUT2D eigenvalue weighted by atomic mass is 16.5. The number of aromatic nitrogens is 4. The van der Waals surface area contributed by atoms with Crippen LogP contribution >= 0.6 is 0 Å². The highest BCUT2D eigenvalue weighted by Crippen LogP contribution is 2.18. The van der Waals surface area contributed by atoms with E-state index in [-0.39, 0.29) is 29.9 Å². The van der Waals surface area contributed by atoms with E-state index in [0.717, 1.165) is 24.0 Å². The summed E-state index contributed by atoms with van der Waals surface area (Å²) < 4.78 is 11.8. The van der Waals surface area contributed by atoms with Crippen molar-refractivity contribution in [1.29, 1.82) is 0 Å². The maximum Gasteiger partial charge on any atom is 0.327 e. The molecule has 4 N–H and O–H groups in total. The minimum Gasteiger partial charge on any atom is -0.469 e. The van der Waals surface area contributed by atoms with Gasteiger partial charge in [-0.05, 0) is 30.5 Å². The van der Waals surface area contributed by atoms with Crippen molar-refractivity contribution in [3.63, 3.8) is 0 Å². The van der Waals surface area contributed by atoms with Crippen LogP contribution in [0.15, 0.2) is 29.1 Å². The summed E-state index contributed by atoms with van der Waals surface area (Å²) >= 11 is 0. The molecule has 3 aromatic rings. The van der Waals surface area contributed by atoms with Gasteiger partial charge in [0.05, 0.1) is 20.1 Å². The lowest BCUT2D eigenvalue weighted by Gasteiger charge is -2.08. The first kappa shape index (κ1) is 23.3. The Balaban J connectivity index is 1.56. The molecule has 172 valence electrons. The van der Waals surface area contributed by atoms with Crippen LogP contribution in [0.2, 0.25) is 0 Å². The summed E-state index contributed by atoms with van der Waals surface area (Å²) in [4.78, 5) is 35.0. The summed E-state index contributed by atoms with van der Waals surface area (Å²) in [6, 6.07) is 7.98. The highest BCUT2D eigenvalue weighted by molar-refractivity contribution is 5.81. The third kappa shape index (κ3) is 6.07. The summed E-state index contributed by atoms with van der Waals surface area (Å²) in [7, 11) is 1.38. The smallest absolute Gasteiger partial charge is 0.327 e. The van der Waals surface area contributed by atoms with Crippen molar-refractivity contribution < 1.29 is 14.3 Å². The van der Waals surface area contributed by atoms with Crippen molar-refractivity contribution in [3.8, 4) is 6.01 Å². The van der Waals surface area contributed by atoms with E-state index < -0.39 is 0 Å². The minimum absolute atomic E-state index is 0.182. The van der Waals surface area contributed by atoms with Crippen LogP contribution in [0.5, 0.6) is 6.01 Å². The molecule has 10 heteroatoms. The first-order valence-corrected chi connectivity index (χ1v) is 10.8. The molecule has 0 radical (unpaired) electrons. The maximum atomic E-state index is 12.4. The SMILES string of the molecule is CCCCOc1nc(N)c2[nH]c(=O)n(CCCNCc3cccc(CC(=O)OC)c3)c2n1. The van der Waals surface area contributed by atoms with E-state index in [1.54, 1.807) is 4.57 Å². The molecule has 0 saturated carbocycles. The fraction of sp³-hybridized carbons (Fsp3) is 0.455. The Morgan fingerprint density at radius 1 is 1.25 bits per heavy atom. The van der Waals surface area contributed by atoms with Crippen molar-refractivity contribution >= 4 is 23.0 Å². The molecule has 0 aliphatic carbocycles. The summed E-state index contributed by atoms with van der Waals surface area (Å²) in [5.74, 6) is -0.0649. The van der Waals surface area contributed by atoms with E-state index in [1.807, 2.05) is 24.3 Å². The Kier molecular flexibility index (Phi) is 8.20. The normalized spacial score (nSPS) is 11.1. The molecule has 0 aliphatic heterocycles. The number of ether oxygens (including phenoxy) is 2. The van der Waals surface area contributed by atoms with Gasteiger partial charge in [0.1, 0.15) is 5.52 Å². The number of carbonyl (C=O) groups excluding carboxylic acids is 1. The number of nitrogens with one attached hydrogen (secondary N) is 2. The predicted molar refractivity (Wildman–Crippen MR) is 121 cm³/mol. The number of hydrogen-bond acceptors (Lipinski definition) is 8. The van der Waals surface area contributed by atoms with E-state index in [0.29, 0.717) is 43.8 Å². The second kappa shape index (κ2) is 11.3. The lowest BCUT2D eigenvalue weighted by atomic mass is 10.1. The van der Waals surface area contributed by atoms with Gasteiger partial charge in [-0.1, -0.05) is 37.6 Å².